The number of amides is 1. The molecule has 0 spiro atoms. The van der Waals surface area contributed by atoms with Crippen molar-refractivity contribution in [1.29, 1.82) is 0 Å². The number of piperidine rings is 1. The van der Waals surface area contributed by atoms with Crippen molar-refractivity contribution in [2.75, 3.05) is 20.2 Å². The van der Waals surface area contributed by atoms with Crippen LogP contribution in [-0.4, -0.2) is 36.8 Å². The highest BCUT2D eigenvalue weighted by atomic mass is 35.5. The zero-order valence-electron chi connectivity index (χ0n) is 15.6. The number of alkyl halides is 3. The number of halogens is 4. The molecular formula is C21H19ClF3NO3. The fourth-order valence-corrected chi connectivity index (χ4v) is 3.64. The number of hydrogen-bond acceptors (Lipinski definition) is 3. The van der Waals surface area contributed by atoms with Crippen molar-refractivity contribution in [3.05, 3.63) is 64.2 Å². The molecule has 0 N–H and O–H groups in total. The first kappa shape index (κ1) is 21.2. The Kier molecular flexibility index (Phi) is 6.17. The molecule has 8 heteroatoms. The van der Waals surface area contributed by atoms with Crippen LogP contribution < -0.4 is 4.74 Å². The highest BCUT2D eigenvalue weighted by molar-refractivity contribution is 6.30. The van der Waals surface area contributed by atoms with Gasteiger partial charge in [-0.2, -0.15) is 13.2 Å². The van der Waals surface area contributed by atoms with E-state index < -0.39 is 23.2 Å². The van der Waals surface area contributed by atoms with Crippen molar-refractivity contribution >= 4 is 23.3 Å². The third-order valence-corrected chi connectivity index (χ3v) is 5.30. The molecule has 3 rings (SSSR count). The summed E-state index contributed by atoms with van der Waals surface area (Å²) in [5.41, 5.74) is -0.991. The molecule has 1 heterocycles. The number of ether oxygens (including phenoxy) is 1. The number of carbonyl (C=O) groups excluding carboxylic acids is 2. The van der Waals surface area contributed by atoms with Gasteiger partial charge in [-0.05, 0) is 49.2 Å². The molecule has 0 radical (unpaired) electrons. The van der Waals surface area contributed by atoms with Crippen molar-refractivity contribution in [1.82, 2.24) is 4.90 Å². The Morgan fingerprint density at radius 2 is 1.69 bits per heavy atom. The van der Waals surface area contributed by atoms with Crippen LogP contribution in [0, 0.1) is 5.92 Å². The lowest BCUT2D eigenvalue weighted by atomic mass is 9.88. The average molecular weight is 426 g/mol. The molecule has 154 valence electrons. The summed E-state index contributed by atoms with van der Waals surface area (Å²) in [5, 5.41) is 0.527. The van der Waals surface area contributed by atoms with Gasteiger partial charge in [-0.25, -0.2) is 0 Å². The lowest BCUT2D eigenvalue weighted by Gasteiger charge is -2.32. The number of likely N-dealkylation sites (tertiary alicyclic amines) is 1. The number of methoxy groups -OCH3 is 1. The number of hydrogen-bond donors (Lipinski definition) is 0. The van der Waals surface area contributed by atoms with E-state index in [4.69, 9.17) is 16.3 Å². The van der Waals surface area contributed by atoms with E-state index in [1.165, 1.54) is 24.1 Å². The van der Waals surface area contributed by atoms with Gasteiger partial charge in [-0.1, -0.05) is 17.7 Å². The first-order valence-electron chi connectivity index (χ1n) is 9.05. The molecule has 2 aromatic carbocycles. The normalized spacial score (nSPS) is 15.3. The molecule has 0 aliphatic carbocycles. The first-order chi connectivity index (χ1) is 13.7. The van der Waals surface area contributed by atoms with Crippen molar-refractivity contribution < 1.29 is 27.5 Å². The van der Waals surface area contributed by atoms with E-state index in [1.54, 1.807) is 24.3 Å². The Balaban J connectivity index is 1.75. The van der Waals surface area contributed by atoms with Gasteiger partial charge in [-0.15, -0.1) is 0 Å². The Bertz CT molecular complexity index is 904. The van der Waals surface area contributed by atoms with Gasteiger partial charge in [-0.3, -0.25) is 9.59 Å². The van der Waals surface area contributed by atoms with Gasteiger partial charge in [0.15, 0.2) is 5.78 Å². The number of benzene rings is 2. The average Bonchev–Trinajstić information content (AvgIpc) is 2.72. The van der Waals surface area contributed by atoms with Crippen LogP contribution >= 0.6 is 11.6 Å². The van der Waals surface area contributed by atoms with Gasteiger partial charge in [0.1, 0.15) is 5.75 Å². The van der Waals surface area contributed by atoms with E-state index in [0.29, 0.717) is 23.4 Å². The summed E-state index contributed by atoms with van der Waals surface area (Å²) in [5.74, 6) is -1.21. The maximum Gasteiger partial charge on any atom is 0.417 e. The molecule has 0 atom stereocenters. The molecule has 4 nitrogen and oxygen atoms in total. The highest BCUT2D eigenvalue weighted by Gasteiger charge is 2.39. The lowest BCUT2D eigenvalue weighted by Crippen LogP contribution is -2.41. The number of rotatable bonds is 4. The van der Waals surface area contributed by atoms with E-state index in [0.717, 1.165) is 6.07 Å². The van der Waals surface area contributed by atoms with Crippen LogP contribution in [0.5, 0.6) is 5.75 Å². The van der Waals surface area contributed by atoms with Crippen LogP contribution in [0.25, 0.3) is 0 Å². The smallest absolute Gasteiger partial charge is 0.417 e. The zero-order chi connectivity index (χ0) is 21.2. The van der Waals surface area contributed by atoms with E-state index in [-0.39, 0.29) is 30.5 Å². The third-order valence-electron chi connectivity index (χ3n) is 5.05. The van der Waals surface area contributed by atoms with Crippen molar-refractivity contribution in [2.24, 2.45) is 5.92 Å². The maximum absolute atomic E-state index is 13.4. The second kappa shape index (κ2) is 8.45. The van der Waals surface area contributed by atoms with Crippen LogP contribution in [0.4, 0.5) is 13.2 Å². The Hall–Kier alpha value is -2.54. The molecule has 0 unspecified atom stereocenters. The highest BCUT2D eigenvalue weighted by Crippen LogP contribution is 2.37. The standard InChI is InChI=1S/C21H19ClF3NO3/c1-29-17-4-2-3-16(21(23,24)25)18(17)20(28)26-11-9-14(10-12-26)19(27)13-5-7-15(22)8-6-13/h2-8,14H,9-12H2,1H3. The zero-order valence-corrected chi connectivity index (χ0v) is 16.4. The number of ketones is 1. The van der Waals surface area contributed by atoms with E-state index in [1.807, 2.05) is 0 Å². The quantitative estimate of drug-likeness (QED) is 0.640. The summed E-state index contributed by atoms with van der Waals surface area (Å²) in [6.07, 6.45) is -3.92. The fraction of sp³-hybridized carbons (Fsp3) is 0.333. The van der Waals surface area contributed by atoms with Gasteiger partial charge in [0.25, 0.3) is 5.91 Å². The molecule has 1 aliphatic rings. The van der Waals surface area contributed by atoms with Crippen molar-refractivity contribution in [3.8, 4) is 5.75 Å². The Labute approximate surface area is 171 Å². The third kappa shape index (κ3) is 4.56. The van der Waals surface area contributed by atoms with Gasteiger partial charge in [0, 0.05) is 29.6 Å². The van der Waals surface area contributed by atoms with Crippen LogP contribution in [0.2, 0.25) is 5.02 Å². The number of Topliss-reactive ketones (excluding diaryl/α,β-unsaturated/α-hetero) is 1. The van der Waals surface area contributed by atoms with E-state index in [9.17, 15) is 22.8 Å². The van der Waals surface area contributed by atoms with E-state index in [2.05, 4.69) is 0 Å². The summed E-state index contributed by atoms with van der Waals surface area (Å²) in [6, 6.07) is 9.96. The first-order valence-corrected chi connectivity index (χ1v) is 9.43. The monoisotopic (exact) mass is 425 g/mol. The topological polar surface area (TPSA) is 46.6 Å². The molecule has 0 aromatic heterocycles. The van der Waals surface area contributed by atoms with Crippen molar-refractivity contribution in [3.63, 3.8) is 0 Å². The lowest BCUT2D eigenvalue weighted by molar-refractivity contribution is -0.138. The SMILES string of the molecule is COc1cccc(C(F)(F)F)c1C(=O)N1CCC(C(=O)c2ccc(Cl)cc2)CC1. The molecule has 1 aliphatic heterocycles. The van der Waals surface area contributed by atoms with Crippen molar-refractivity contribution in [2.45, 2.75) is 19.0 Å². The molecule has 1 saturated heterocycles. The molecule has 1 fully saturated rings. The number of carbonyl (C=O) groups is 2. The summed E-state index contributed by atoms with van der Waals surface area (Å²) in [4.78, 5) is 26.9. The molecular weight excluding hydrogens is 407 g/mol. The van der Waals surface area contributed by atoms with Crippen LogP contribution in [0.3, 0.4) is 0 Å². The maximum atomic E-state index is 13.4. The molecule has 2 aromatic rings. The number of nitrogens with zero attached hydrogens (tertiary/aromatic N) is 1. The molecule has 0 bridgehead atoms. The molecule has 1 amide bonds. The van der Waals surface area contributed by atoms with Crippen LogP contribution in [-0.2, 0) is 6.18 Å². The minimum Gasteiger partial charge on any atom is -0.496 e. The van der Waals surface area contributed by atoms with Gasteiger partial charge < -0.3 is 9.64 Å². The Morgan fingerprint density at radius 1 is 1.07 bits per heavy atom. The Morgan fingerprint density at radius 3 is 2.24 bits per heavy atom. The van der Waals surface area contributed by atoms with Gasteiger partial charge >= 0.3 is 6.18 Å². The molecule has 0 saturated carbocycles. The summed E-state index contributed by atoms with van der Waals surface area (Å²) < 4.78 is 45.2. The minimum atomic E-state index is -4.68. The second-order valence-electron chi connectivity index (χ2n) is 6.82. The largest absolute Gasteiger partial charge is 0.496 e. The fourth-order valence-electron chi connectivity index (χ4n) is 3.51. The van der Waals surface area contributed by atoms with Gasteiger partial charge in [0.05, 0.1) is 18.2 Å². The molecule has 29 heavy (non-hydrogen) atoms. The summed E-state index contributed by atoms with van der Waals surface area (Å²) in [6.45, 7) is 0.385. The van der Waals surface area contributed by atoms with Crippen LogP contribution in [0.15, 0.2) is 42.5 Å². The van der Waals surface area contributed by atoms with Gasteiger partial charge in [0.2, 0.25) is 0 Å². The predicted octanol–water partition coefficient (Wildman–Crippen LogP) is 5.10. The van der Waals surface area contributed by atoms with Crippen LogP contribution in [0.1, 0.15) is 39.1 Å². The minimum absolute atomic E-state index is 0.0537. The summed E-state index contributed by atoms with van der Waals surface area (Å²) >= 11 is 5.84. The van der Waals surface area contributed by atoms with E-state index >= 15 is 0 Å². The predicted molar refractivity (Wildman–Crippen MR) is 102 cm³/mol. The second-order valence-corrected chi connectivity index (χ2v) is 7.25. The summed E-state index contributed by atoms with van der Waals surface area (Å²) in [7, 11) is 1.23.